The molecule has 0 saturated heterocycles. The molecule has 0 radical (unpaired) electrons. The van der Waals surface area contributed by atoms with Crippen molar-refractivity contribution < 1.29 is 14.4 Å². The van der Waals surface area contributed by atoms with Crippen LogP contribution in [0.5, 0.6) is 0 Å². The van der Waals surface area contributed by atoms with Crippen molar-refractivity contribution in [2.24, 2.45) is 10.2 Å². The lowest BCUT2D eigenvalue weighted by atomic mass is 10.1. The molecule has 0 aromatic rings. The van der Waals surface area contributed by atoms with Gasteiger partial charge in [0.2, 0.25) is 0 Å². The van der Waals surface area contributed by atoms with Gasteiger partial charge in [0.25, 0.3) is 6.41 Å². The fourth-order valence-electron chi connectivity index (χ4n) is 3.03. The zero-order valence-corrected chi connectivity index (χ0v) is 18.2. The highest BCUT2D eigenvalue weighted by Crippen LogP contribution is 2.11. The predicted molar refractivity (Wildman–Crippen MR) is 112 cm³/mol. The number of carbonyl (C=O) groups excluding carboxylic acids is 3. The molecule has 0 atom stereocenters. The zero-order valence-electron chi connectivity index (χ0n) is 18.2. The molecule has 28 heavy (non-hydrogen) atoms. The molecule has 162 valence electrons. The van der Waals surface area contributed by atoms with Crippen LogP contribution < -0.4 is 0 Å². The minimum atomic E-state index is -0.749. The molecule has 0 N–H and O–H groups in total. The van der Waals surface area contributed by atoms with Crippen molar-refractivity contribution in [3.05, 3.63) is 0 Å². The Morgan fingerprint density at radius 2 is 1.18 bits per heavy atom. The van der Waals surface area contributed by atoms with Crippen LogP contribution in [0.1, 0.15) is 97.8 Å². The van der Waals surface area contributed by atoms with Crippen molar-refractivity contribution in [1.82, 2.24) is 9.80 Å². The Kier molecular flexibility index (Phi) is 17.4. The molecule has 0 rings (SSSR count). The van der Waals surface area contributed by atoms with Crippen LogP contribution in [-0.4, -0.2) is 47.9 Å². The van der Waals surface area contributed by atoms with Crippen molar-refractivity contribution in [2.45, 2.75) is 97.8 Å². The summed E-state index contributed by atoms with van der Waals surface area (Å²) in [6, 6.07) is -1.06. The van der Waals surface area contributed by atoms with E-state index in [0.29, 0.717) is 19.6 Å². The molecule has 0 fully saturated rings. The first kappa shape index (κ1) is 26.2. The van der Waals surface area contributed by atoms with Crippen LogP contribution in [0.2, 0.25) is 0 Å². The van der Waals surface area contributed by atoms with Gasteiger partial charge in [-0.05, 0) is 19.3 Å². The van der Waals surface area contributed by atoms with Crippen LogP contribution in [-0.2, 0) is 4.79 Å². The first-order valence-corrected chi connectivity index (χ1v) is 11.1. The van der Waals surface area contributed by atoms with E-state index >= 15 is 0 Å². The van der Waals surface area contributed by atoms with Gasteiger partial charge in [-0.1, -0.05) is 83.7 Å². The van der Waals surface area contributed by atoms with Crippen molar-refractivity contribution in [2.75, 3.05) is 19.6 Å². The maximum atomic E-state index is 13.1. The number of hydrogen-bond acceptors (Lipinski definition) is 3. The van der Waals surface area contributed by atoms with Gasteiger partial charge in [-0.2, -0.15) is 0 Å². The smallest absolute Gasteiger partial charge is 0.324 e. The van der Waals surface area contributed by atoms with Crippen LogP contribution in [0.15, 0.2) is 10.2 Å². The van der Waals surface area contributed by atoms with Gasteiger partial charge in [0.1, 0.15) is 0 Å². The number of hydrogen-bond donors (Lipinski definition) is 0. The summed E-state index contributed by atoms with van der Waals surface area (Å²) in [4.78, 5) is 38.8. The number of nitrogens with zero attached hydrogens (tertiary/aromatic N) is 4. The summed E-state index contributed by atoms with van der Waals surface area (Å²) in [5, 5.41) is 6.50. The zero-order chi connectivity index (χ0) is 21.0. The third kappa shape index (κ3) is 12.6. The first-order valence-electron chi connectivity index (χ1n) is 11.1. The summed E-state index contributed by atoms with van der Waals surface area (Å²) in [6.07, 6.45) is 12.6. The van der Waals surface area contributed by atoms with E-state index < -0.39 is 6.03 Å². The van der Waals surface area contributed by atoms with Crippen LogP contribution in [0.3, 0.4) is 0 Å². The second kappa shape index (κ2) is 18.6. The SMILES string of the molecule is CCCCCCN(CCCCCC)C(=O)N(CCCCCC)C(=O)N=NC=O. The summed E-state index contributed by atoms with van der Waals surface area (Å²) in [5.41, 5.74) is 0. The maximum Gasteiger partial charge on any atom is 0.370 e. The second-order valence-electron chi connectivity index (χ2n) is 7.21. The van der Waals surface area contributed by atoms with Gasteiger partial charge >= 0.3 is 12.1 Å². The van der Waals surface area contributed by atoms with E-state index in [4.69, 9.17) is 0 Å². The number of carbonyl (C=O) groups is 3. The molecule has 0 saturated carbocycles. The lowest BCUT2D eigenvalue weighted by Crippen LogP contribution is -2.46. The van der Waals surface area contributed by atoms with Crippen molar-refractivity contribution in [1.29, 1.82) is 0 Å². The Balaban J connectivity index is 5.04. The molecule has 0 heterocycles. The van der Waals surface area contributed by atoms with Gasteiger partial charge in [0.05, 0.1) is 0 Å². The van der Waals surface area contributed by atoms with Crippen LogP contribution in [0.25, 0.3) is 0 Å². The minimum Gasteiger partial charge on any atom is -0.324 e. The molecule has 7 heteroatoms. The van der Waals surface area contributed by atoms with E-state index in [2.05, 4.69) is 31.0 Å². The predicted octanol–water partition coefficient (Wildman–Crippen LogP) is 6.18. The van der Waals surface area contributed by atoms with Crippen LogP contribution >= 0.6 is 0 Å². The molecule has 0 aromatic carbocycles. The largest absolute Gasteiger partial charge is 0.370 e. The van der Waals surface area contributed by atoms with Crippen molar-refractivity contribution in [3.8, 4) is 0 Å². The minimum absolute atomic E-state index is 0.213. The molecule has 0 bridgehead atoms. The lowest BCUT2D eigenvalue weighted by Gasteiger charge is -2.28. The van der Waals surface area contributed by atoms with E-state index in [1.54, 1.807) is 4.90 Å². The first-order chi connectivity index (χ1) is 13.6. The lowest BCUT2D eigenvalue weighted by molar-refractivity contribution is -0.107. The molecule has 5 amide bonds. The monoisotopic (exact) mass is 396 g/mol. The Morgan fingerprint density at radius 1 is 0.714 bits per heavy atom. The van der Waals surface area contributed by atoms with Gasteiger partial charge in [0, 0.05) is 19.6 Å². The summed E-state index contributed by atoms with van der Waals surface area (Å²) in [5.74, 6) is 0. The second-order valence-corrected chi connectivity index (χ2v) is 7.21. The summed E-state index contributed by atoms with van der Waals surface area (Å²) >= 11 is 0. The normalized spacial score (nSPS) is 11.0. The molecule has 0 aromatic heterocycles. The standard InChI is InChI=1S/C21H40N4O3/c1-4-7-10-13-16-24(17-14-11-8-5-2)21(28)25(18-15-12-9-6-3)20(27)23-22-19-26/h19H,4-18H2,1-3H3. The van der Waals surface area contributed by atoms with E-state index in [9.17, 15) is 14.4 Å². The number of amides is 5. The highest BCUT2D eigenvalue weighted by atomic mass is 16.2. The molecule has 0 aliphatic rings. The average Bonchev–Trinajstić information content (AvgIpc) is 2.70. The number of imide groups is 1. The molecular formula is C21H40N4O3. The molecular weight excluding hydrogens is 356 g/mol. The average molecular weight is 397 g/mol. The van der Waals surface area contributed by atoms with E-state index in [0.717, 1.165) is 81.9 Å². The Labute approximate surface area is 170 Å². The molecule has 7 nitrogen and oxygen atoms in total. The summed E-state index contributed by atoms with van der Waals surface area (Å²) < 4.78 is 0. The summed E-state index contributed by atoms with van der Waals surface area (Å²) in [6.45, 7) is 8.03. The molecule has 0 spiro atoms. The van der Waals surface area contributed by atoms with Crippen LogP contribution in [0, 0.1) is 0 Å². The highest BCUT2D eigenvalue weighted by molar-refractivity contribution is 5.94. The molecule has 0 aliphatic heterocycles. The van der Waals surface area contributed by atoms with E-state index in [1.807, 2.05) is 0 Å². The van der Waals surface area contributed by atoms with E-state index in [-0.39, 0.29) is 12.4 Å². The van der Waals surface area contributed by atoms with Gasteiger partial charge in [-0.25, -0.2) is 14.5 Å². The fourth-order valence-corrected chi connectivity index (χ4v) is 3.03. The third-order valence-corrected chi connectivity index (χ3v) is 4.72. The van der Waals surface area contributed by atoms with Crippen molar-refractivity contribution in [3.63, 3.8) is 0 Å². The molecule has 0 aliphatic carbocycles. The molecule has 0 unspecified atom stereocenters. The van der Waals surface area contributed by atoms with E-state index in [1.165, 1.54) is 0 Å². The summed E-state index contributed by atoms with van der Waals surface area (Å²) in [7, 11) is 0. The number of unbranched alkanes of at least 4 members (excludes halogenated alkanes) is 9. The number of urea groups is 2. The quantitative estimate of drug-likeness (QED) is 0.177. The Hall–Kier alpha value is -1.79. The van der Waals surface area contributed by atoms with Gasteiger partial charge in [-0.15, -0.1) is 5.11 Å². The topological polar surface area (TPSA) is 82.4 Å². The third-order valence-electron chi connectivity index (χ3n) is 4.72. The number of azo groups is 1. The maximum absolute atomic E-state index is 13.1. The van der Waals surface area contributed by atoms with Crippen LogP contribution in [0.4, 0.5) is 9.59 Å². The van der Waals surface area contributed by atoms with Gasteiger partial charge < -0.3 is 4.90 Å². The Morgan fingerprint density at radius 3 is 1.61 bits per heavy atom. The highest BCUT2D eigenvalue weighted by Gasteiger charge is 2.26. The van der Waals surface area contributed by atoms with Gasteiger partial charge in [0.15, 0.2) is 0 Å². The fraction of sp³-hybridized carbons (Fsp3) is 0.857. The number of rotatable bonds is 16. The Bertz CT molecular complexity index is 443. The van der Waals surface area contributed by atoms with Gasteiger partial charge in [-0.3, -0.25) is 4.79 Å². The van der Waals surface area contributed by atoms with Crippen molar-refractivity contribution >= 4 is 18.5 Å².